The van der Waals surface area contributed by atoms with E-state index in [-0.39, 0.29) is 0 Å². The van der Waals surface area contributed by atoms with Crippen LogP contribution in [0.2, 0.25) is 0 Å². The standard InChI is InChI=1S/C17H21N5O/c1-23-14-5-4-11-15(17(18)20-9-19-11)16(14)22-8-13-12(22)6-7-21(13)10-2-3-10/h4-5,9-10,12-13H,2-3,6-8H2,1H3,(H2,18,19,20). The molecule has 3 aliphatic rings. The monoisotopic (exact) mass is 311 g/mol. The lowest BCUT2D eigenvalue weighted by Crippen LogP contribution is -2.62. The average molecular weight is 311 g/mol. The third-order valence-electron chi connectivity index (χ3n) is 5.63. The summed E-state index contributed by atoms with van der Waals surface area (Å²) < 4.78 is 5.63. The normalized spacial score (nSPS) is 27.1. The molecule has 2 atom stereocenters. The van der Waals surface area contributed by atoms with Crippen molar-refractivity contribution in [3.05, 3.63) is 18.5 Å². The first kappa shape index (κ1) is 13.4. The van der Waals surface area contributed by atoms with Crippen LogP contribution in [0.5, 0.6) is 5.75 Å². The number of ether oxygens (including phenoxy) is 1. The Hall–Kier alpha value is -2.08. The highest BCUT2D eigenvalue weighted by Crippen LogP contribution is 2.47. The van der Waals surface area contributed by atoms with Crippen molar-refractivity contribution >= 4 is 22.4 Å². The Labute approximate surface area is 135 Å². The Morgan fingerprint density at radius 2 is 2.04 bits per heavy atom. The number of anilines is 2. The van der Waals surface area contributed by atoms with E-state index in [0.29, 0.717) is 17.9 Å². The maximum absolute atomic E-state index is 6.18. The Bertz CT molecular complexity index is 775. The summed E-state index contributed by atoms with van der Waals surface area (Å²) in [5, 5.41) is 0.926. The van der Waals surface area contributed by atoms with Gasteiger partial charge in [0.1, 0.15) is 17.9 Å². The van der Waals surface area contributed by atoms with E-state index in [2.05, 4.69) is 19.8 Å². The van der Waals surface area contributed by atoms with Gasteiger partial charge < -0.3 is 15.4 Å². The molecule has 2 aromatic rings. The number of hydrogen-bond donors (Lipinski definition) is 1. The van der Waals surface area contributed by atoms with Gasteiger partial charge in [0.05, 0.1) is 23.7 Å². The molecule has 1 aromatic heterocycles. The first-order valence-electron chi connectivity index (χ1n) is 8.37. The van der Waals surface area contributed by atoms with Gasteiger partial charge in [0, 0.05) is 31.2 Å². The molecule has 1 aliphatic carbocycles. The first-order valence-corrected chi connectivity index (χ1v) is 8.37. The predicted molar refractivity (Wildman–Crippen MR) is 89.8 cm³/mol. The topological polar surface area (TPSA) is 67.5 Å². The second kappa shape index (κ2) is 4.71. The lowest BCUT2D eigenvalue weighted by atomic mass is 9.94. The molecule has 1 aromatic carbocycles. The fraction of sp³-hybridized carbons (Fsp3) is 0.529. The SMILES string of the molecule is COc1ccc2ncnc(N)c2c1N1CC2C1CCN2C1CC1. The molecule has 0 spiro atoms. The number of aromatic nitrogens is 2. The molecule has 3 fully saturated rings. The summed E-state index contributed by atoms with van der Waals surface area (Å²) in [5.41, 5.74) is 8.13. The number of nitrogen functional groups attached to an aromatic ring is 1. The summed E-state index contributed by atoms with van der Waals surface area (Å²) in [6.07, 6.45) is 5.49. The van der Waals surface area contributed by atoms with Crippen molar-refractivity contribution in [2.75, 3.05) is 30.8 Å². The van der Waals surface area contributed by atoms with Crippen molar-refractivity contribution in [1.29, 1.82) is 0 Å². The molecule has 2 unspecified atom stereocenters. The molecular formula is C17H21N5O. The highest BCUT2D eigenvalue weighted by Gasteiger charge is 2.51. The lowest BCUT2D eigenvalue weighted by Gasteiger charge is -2.49. The number of fused-ring (bicyclic) bond motifs is 2. The second-order valence-corrected chi connectivity index (χ2v) is 6.81. The van der Waals surface area contributed by atoms with Crippen LogP contribution in [0.25, 0.3) is 10.9 Å². The highest BCUT2D eigenvalue weighted by atomic mass is 16.5. The number of likely N-dealkylation sites (tertiary alicyclic amines) is 1. The van der Waals surface area contributed by atoms with E-state index < -0.39 is 0 Å². The van der Waals surface area contributed by atoms with Crippen molar-refractivity contribution in [2.24, 2.45) is 0 Å². The van der Waals surface area contributed by atoms with Crippen LogP contribution in [0.3, 0.4) is 0 Å². The number of rotatable bonds is 3. The van der Waals surface area contributed by atoms with Crippen molar-refractivity contribution in [3.63, 3.8) is 0 Å². The third-order valence-corrected chi connectivity index (χ3v) is 5.63. The van der Waals surface area contributed by atoms with Gasteiger partial charge in [0.15, 0.2) is 0 Å². The Balaban J connectivity index is 1.58. The summed E-state index contributed by atoms with van der Waals surface area (Å²) in [4.78, 5) is 13.7. The van der Waals surface area contributed by atoms with E-state index in [0.717, 1.165) is 34.9 Å². The van der Waals surface area contributed by atoms with Crippen LogP contribution < -0.4 is 15.4 Å². The molecule has 0 radical (unpaired) electrons. The molecule has 23 heavy (non-hydrogen) atoms. The van der Waals surface area contributed by atoms with Crippen LogP contribution in [0.1, 0.15) is 19.3 Å². The molecule has 0 bridgehead atoms. The van der Waals surface area contributed by atoms with Crippen molar-refractivity contribution in [1.82, 2.24) is 14.9 Å². The Morgan fingerprint density at radius 1 is 1.17 bits per heavy atom. The smallest absolute Gasteiger partial charge is 0.143 e. The average Bonchev–Trinajstić information content (AvgIpc) is 3.33. The lowest BCUT2D eigenvalue weighted by molar-refractivity contribution is 0.193. The Morgan fingerprint density at radius 3 is 2.83 bits per heavy atom. The predicted octanol–water partition coefficient (Wildman–Crippen LogP) is 1.65. The maximum Gasteiger partial charge on any atom is 0.143 e. The van der Waals surface area contributed by atoms with E-state index in [1.807, 2.05) is 12.1 Å². The largest absolute Gasteiger partial charge is 0.495 e. The van der Waals surface area contributed by atoms with Gasteiger partial charge in [-0.05, 0) is 31.4 Å². The van der Waals surface area contributed by atoms with Crippen LogP contribution in [0.15, 0.2) is 18.5 Å². The maximum atomic E-state index is 6.18. The van der Waals surface area contributed by atoms with Crippen LogP contribution >= 0.6 is 0 Å². The number of methoxy groups -OCH3 is 1. The van der Waals surface area contributed by atoms with E-state index in [1.54, 1.807) is 7.11 Å². The number of benzene rings is 1. The van der Waals surface area contributed by atoms with Gasteiger partial charge >= 0.3 is 0 Å². The van der Waals surface area contributed by atoms with Crippen LogP contribution in [-0.2, 0) is 0 Å². The zero-order valence-electron chi connectivity index (χ0n) is 13.3. The van der Waals surface area contributed by atoms with Gasteiger partial charge in [-0.15, -0.1) is 0 Å². The van der Waals surface area contributed by atoms with Gasteiger partial charge in [0.2, 0.25) is 0 Å². The minimum Gasteiger partial charge on any atom is -0.495 e. The Kier molecular flexibility index (Phi) is 2.74. The van der Waals surface area contributed by atoms with E-state index >= 15 is 0 Å². The zero-order chi connectivity index (χ0) is 15.6. The number of hydrogen-bond acceptors (Lipinski definition) is 6. The highest BCUT2D eigenvalue weighted by molar-refractivity contribution is 6.02. The first-order chi connectivity index (χ1) is 11.3. The molecule has 1 saturated carbocycles. The van der Waals surface area contributed by atoms with Gasteiger partial charge in [-0.2, -0.15) is 0 Å². The van der Waals surface area contributed by atoms with Gasteiger partial charge in [-0.3, -0.25) is 4.90 Å². The zero-order valence-corrected chi connectivity index (χ0v) is 13.3. The van der Waals surface area contributed by atoms with Crippen LogP contribution in [0.4, 0.5) is 11.5 Å². The number of nitrogens with two attached hydrogens (primary N) is 1. The molecule has 6 heteroatoms. The molecule has 2 aliphatic heterocycles. The fourth-order valence-corrected chi connectivity index (χ4v) is 4.36. The summed E-state index contributed by atoms with van der Waals surface area (Å²) in [5.74, 6) is 1.40. The molecule has 6 nitrogen and oxygen atoms in total. The summed E-state index contributed by atoms with van der Waals surface area (Å²) in [6.45, 7) is 2.26. The van der Waals surface area contributed by atoms with Crippen LogP contribution in [-0.4, -0.2) is 53.2 Å². The van der Waals surface area contributed by atoms with E-state index in [1.165, 1.54) is 32.1 Å². The minimum absolute atomic E-state index is 0.532. The summed E-state index contributed by atoms with van der Waals surface area (Å²) in [7, 11) is 1.72. The quantitative estimate of drug-likeness (QED) is 0.929. The third kappa shape index (κ3) is 1.84. The van der Waals surface area contributed by atoms with E-state index in [9.17, 15) is 0 Å². The van der Waals surface area contributed by atoms with Crippen molar-refractivity contribution < 1.29 is 4.74 Å². The van der Waals surface area contributed by atoms with Gasteiger partial charge in [-0.25, -0.2) is 9.97 Å². The van der Waals surface area contributed by atoms with Gasteiger partial charge in [0.25, 0.3) is 0 Å². The second-order valence-electron chi connectivity index (χ2n) is 6.81. The van der Waals surface area contributed by atoms with Crippen molar-refractivity contribution in [3.8, 4) is 5.75 Å². The molecule has 2 N–H and O–H groups in total. The van der Waals surface area contributed by atoms with Gasteiger partial charge in [-0.1, -0.05) is 0 Å². The van der Waals surface area contributed by atoms with Crippen LogP contribution in [0, 0.1) is 0 Å². The summed E-state index contributed by atoms with van der Waals surface area (Å²) >= 11 is 0. The molecule has 120 valence electrons. The minimum atomic E-state index is 0.532. The fourth-order valence-electron chi connectivity index (χ4n) is 4.36. The molecule has 5 rings (SSSR count). The molecule has 2 saturated heterocycles. The summed E-state index contributed by atoms with van der Waals surface area (Å²) in [6, 6.07) is 6.04. The molecular weight excluding hydrogens is 290 g/mol. The molecule has 3 heterocycles. The molecule has 0 amide bonds. The van der Waals surface area contributed by atoms with Crippen molar-refractivity contribution in [2.45, 2.75) is 37.4 Å². The number of nitrogens with zero attached hydrogens (tertiary/aromatic N) is 4. The van der Waals surface area contributed by atoms with E-state index in [4.69, 9.17) is 10.5 Å².